The van der Waals surface area contributed by atoms with Crippen LogP contribution in [0.3, 0.4) is 0 Å². The van der Waals surface area contributed by atoms with Crippen molar-refractivity contribution in [3.63, 3.8) is 0 Å². The number of nitrogens with zero attached hydrogens (tertiary/aromatic N) is 2. The molecule has 0 bridgehead atoms. The predicted molar refractivity (Wildman–Crippen MR) is 122 cm³/mol. The van der Waals surface area contributed by atoms with Gasteiger partial charge in [-0.2, -0.15) is 0 Å². The second kappa shape index (κ2) is 6.81. The first kappa shape index (κ1) is 19.1. The van der Waals surface area contributed by atoms with E-state index in [0.29, 0.717) is 0 Å². The van der Waals surface area contributed by atoms with Crippen molar-refractivity contribution in [2.75, 3.05) is 4.90 Å². The molecule has 1 aromatic heterocycles. The van der Waals surface area contributed by atoms with Crippen LogP contribution in [-0.2, 0) is 5.41 Å². The average molecular weight is 380 g/mol. The molecular weight excluding hydrogens is 359 g/mol. The van der Waals surface area contributed by atoms with Gasteiger partial charge in [-0.15, -0.1) is 11.0 Å². The van der Waals surface area contributed by atoms with Crippen LogP contribution in [0.25, 0.3) is 21.8 Å². The van der Waals surface area contributed by atoms with E-state index in [2.05, 4.69) is 104 Å². The van der Waals surface area contributed by atoms with Gasteiger partial charge in [0.25, 0.3) is 0 Å². The molecule has 140 valence electrons. The van der Waals surface area contributed by atoms with E-state index in [1.807, 2.05) is 6.07 Å². The molecule has 0 fully saturated rings. The van der Waals surface area contributed by atoms with Crippen molar-refractivity contribution >= 4 is 38.9 Å². The smallest absolute Gasteiger partial charge is 0.657 e. The fourth-order valence-corrected chi connectivity index (χ4v) is 4.85. The molecule has 30 heavy (non-hydrogen) atoms. The van der Waals surface area contributed by atoms with Gasteiger partial charge in [0.1, 0.15) is 0 Å². The van der Waals surface area contributed by atoms with E-state index < -0.39 is 0 Å². The molecule has 2 heterocycles. The Hall–Kier alpha value is -2.92. The minimum Gasteiger partial charge on any atom is -0.657 e. The van der Waals surface area contributed by atoms with Gasteiger partial charge in [0, 0.05) is 11.1 Å². The Kier molecular flexibility index (Phi) is 4.33. The van der Waals surface area contributed by atoms with Gasteiger partial charge in [-0.05, 0) is 46.2 Å². The number of hydrogen-bond donors (Lipinski definition) is 0. The molecule has 6 rings (SSSR count). The van der Waals surface area contributed by atoms with E-state index in [9.17, 15) is 0 Å². The molecule has 0 spiro atoms. The molecule has 0 atom stereocenters. The van der Waals surface area contributed by atoms with Crippen LogP contribution >= 0.6 is 0 Å². The zero-order chi connectivity index (χ0) is 19.6. The summed E-state index contributed by atoms with van der Waals surface area (Å²) in [5, 5.41) is 2.42. The Bertz CT molecular complexity index is 1350. The standard InChI is InChI=1S/C27H21N2.Li/c1-27(2)21-10-4-7-13-25(21)29(26-14-8-5-11-22(26)27)18-15-16-24-20(17-18)19-9-3-6-12-23(19)28-24;/h3-17H,1-2H3;/q-1;+1. The Morgan fingerprint density at radius 2 is 1.20 bits per heavy atom. The molecule has 0 N–H and O–H groups in total. The van der Waals surface area contributed by atoms with Gasteiger partial charge in [0.15, 0.2) is 0 Å². The minimum atomic E-state index is -0.0393. The molecular formula is C27H21LiN2. The summed E-state index contributed by atoms with van der Waals surface area (Å²) in [6.07, 6.45) is 0. The molecule has 5 aromatic rings. The van der Waals surface area contributed by atoms with Crippen LogP contribution in [-0.4, -0.2) is 0 Å². The third kappa shape index (κ3) is 2.58. The average Bonchev–Trinajstić information content (AvgIpc) is 3.12. The topological polar surface area (TPSA) is 17.3 Å². The van der Waals surface area contributed by atoms with E-state index >= 15 is 0 Å². The Morgan fingerprint density at radius 1 is 0.633 bits per heavy atom. The number of aromatic nitrogens is 1. The Morgan fingerprint density at radius 3 is 1.90 bits per heavy atom. The zero-order valence-electron chi connectivity index (χ0n) is 17.6. The summed E-state index contributed by atoms with van der Waals surface area (Å²) in [5.74, 6) is 0. The van der Waals surface area contributed by atoms with E-state index in [1.165, 1.54) is 39.0 Å². The fourth-order valence-electron chi connectivity index (χ4n) is 4.85. The normalized spacial score (nSPS) is 14.3. The Labute approximate surface area is 188 Å². The van der Waals surface area contributed by atoms with Crippen molar-refractivity contribution in [1.82, 2.24) is 4.98 Å². The molecule has 2 nitrogen and oxygen atoms in total. The predicted octanol–water partition coefficient (Wildman–Crippen LogP) is 4.06. The van der Waals surface area contributed by atoms with E-state index in [-0.39, 0.29) is 24.3 Å². The van der Waals surface area contributed by atoms with Crippen molar-refractivity contribution in [3.8, 4) is 0 Å². The van der Waals surface area contributed by atoms with Crippen molar-refractivity contribution < 1.29 is 18.9 Å². The molecule has 0 saturated carbocycles. The van der Waals surface area contributed by atoms with Gasteiger partial charge < -0.3 is 9.88 Å². The SMILES string of the molecule is CC1(C)c2ccccc2N(c2ccc3[n-]c4ccccc4c3c2)c2ccccc21.[Li+]. The van der Waals surface area contributed by atoms with E-state index in [0.717, 1.165) is 11.0 Å². The van der Waals surface area contributed by atoms with Gasteiger partial charge in [0.05, 0.1) is 11.4 Å². The minimum absolute atomic E-state index is 0. The second-order valence-corrected chi connectivity index (χ2v) is 8.33. The van der Waals surface area contributed by atoms with Crippen LogP contribution in [0.5, 0.6) is 0 Å². The third-order valence-electron chi connectivity index (χ3n) is 6.31. The maximum atomic E-state index is 4.79. The number of para-hydroxylation sites is 3. The van der Waals surface area contributed by atoms with Gasteiger partial charge in [-0.25, -0.2) is 0 Å². The molecule has 0 saturated heterocycles. The molecule has 0 aliphatic carbocycles. The largest absolute Gasteiger partial charge is 1.00 e. The monoisotopic (exact) mass is 380 g/mol. The first-order valence-corrected chi connectivity index (χ1v) is 10.1. The van der Waals surface area contributed by atoms with Crippen LogP contribution in [0.2, 0.25) is 0 Å². The summed E-state index contributed by atoms with van der Waals surface area (Å²) in [6, 6.07) is 32.6. The number of rotatable bonds is 1. The van der Waals surface area contributed by atoms with Crippen molar-refractivity contribution in [1.29, 1.82) is 0 Å². The number of benzene rings is 4. The summed E-state index contributed by atoms with van der Waals surface area (Å²) in [5.41, 5.74) is 8.44. The number of hydrogen-bond acceptors (Lipinski definition) is 1. The maximum Gasteiger partial charge on any atom is 1.00 e. The van der Waals surface area contributed by atoms with Gasteiger partial charge in [-0.3, -0.25) is 0 Å². The molecule has 1 aliphatic heterocycles. The van der Waals surface area contributed by atoms with E-state index in [1.54, 1.807) is 0 Å². The number of fused-ring (bicyclic) bond motifs is 5. The molecule has 1 aliphatic rings. The zero-order valence-corrected chi connectivity index (χ0v) is 17.6. The van der Waals surface area contributed by atoms with E-state index in [4.69, 9.17) is 4.98 Å². The van der Waals surface area contributed by atoms with Crippen LogP contribution in [0.4, 0.5) is 17.1 Å². The fraction of sp³-hybridized carbons (Fsp3) is 0.111. The molecule has 0 radical (unpaired) electrons. The van der Waals surface area contributed by atoms with Crippen LogP contribution in [0.1, 0.15) is 25.0 Å². The quantitative estimate of drug-likeness (QED) is 0.408. The Balaban J connectivity index is 0.00000193. The molecule has 0 amide bonds. The van der Waals surface area contributed by atoms with Crippen molar-refractivity contribution in [3.05, 3.63) is 102 Å². The van der Waals surface area contributed by atoms with Crippen LogP contribution in [0, 0.1) is 0 Å². The van der Waals surface area contributed by atoms with Gasteiger partial charge in [0.2, 0.25) is 0 Å². The maximum absolute atomic E-state index is 4.79. The first-order valence-electron chi connectivity index (χ1n) is 10.1. The summed E-state index contributed by atoms with van der Waals surface area (Å²) in [4.78, 5) is 7.19. The van der Waals surface area contributed by atoms with Gasteiger partial charge in [-0.1, -0.05) is 80.6 Å². The third-order valence-corrected chi connectivity index (χ3v) is 6.31. The van der Waals surface area contributed by atoms with Crippen LogP contribution in [0.15, 0.2) is 91.0 Å². The molecule has 3 heteroatoms. The van der Waals surface area contributed by atoms with Crippen molar-refractivity contribution in [2.45, 2.75) is 19.3 Å². The van der Waals surface area contributed by atoms with Crippen LogP contribution < -0.4 is 28.7 Å². The summed E-state index contributed by atoms with van der Waals surface area (Å²) in [6.45, 7) is 4.64. The summed E-state index contributed by atoms with van der Waals surface area (Å²) < 4.78 is 0. The summed E-state index contributed by atoms with van der Waals surface area (Å²) in [7, 11) is 0. The molecule has 0 unspecified atom stereocenters. The number of anilines is 3. The van der Waals surface area contributed by atoms with Crippen molar-refractivity contribution in [2.24, 2.45) is 0 Å². The first-order chi connectivity index (χ1) is 14.1. The molecule has 4 aromatic carbocycles. The van der Waals surface area contributed by atoms with Gasteiger partial charge >= 0.3 is 18.9 Å². The summed E-state index contributed by atoms with van der Waals surface area (Å²) >= 11 is 0. The second-order valence-electron chi connectivity index (χ2n) is 8.33.